The number of anilines is 2. The van der Waals surface area contributed by atoms with Crippen LogP contribution in [-0.2, 0) is 0 Å². The van der Waals surface area contributed by atoms with Gasteiger partial charge in [-0.2, -0.15) is 0 Å². The van der Waals surface area contributed by atoms with E-state index in [4.69, 9.17) is 0 Å². The van der Waals surface area contributed by atoms with Crippen molar-refractivity contribution in [3.63, 3.8) is 0 Å². The lowest BCUT2D eigenvalue weighted by Crippen LogP contribution is -2.21. The third-order valence-corrected chi connectivity index (χ3v) is 4.58. The Labute approximate surface area is 128 Å². The van der Waals surface area contributed by atoms with Crippen LogP contribution < -0.4 is 4.90 Å². The quantitative estimate of drug-likeness (QED) is 0.787. The van der Waals surface area contributed by atoms with Gasteiger partial charge in [-0.3, -0.25) is 9.59 Å². The van der Waals surface area contributed by atoms with E-state index in [2.05, 4.69) is 11.8 Å². The second-order valence-electron chi connectivity index (χ2n) is 4.94. The number of rotatable bonds is 4. The van der Waals surface area contributed by atoms with Crippen molar-refractivity contribution in [3.8, 4) is 0 Å². The molecule has 106 valence electrons. The molecule has 0 saturated carbocycles. The van der Waals surface area contributed by atoms with E-state index in [9.17, 15) is 9.59 Å². The van der Waals surface area contributed by atoms with E-state index in [1.807, 2.05) is 36.4 Å². The summed E-state index contributed by atoms with van der Waals surface area (Å²) in [6.07, 6.45) is 2.75. The van der Waals surface area contributed by atoms with Gasteiger partial charge in [0.1, 0.15) is 12.6 Å². The van der Waals surface area contributed by atoms with E-state index >= 15 is 0 Å². The molecule has 2 aromatic rings. The molecule has 2 aromatic carbocycles. The average Bonchev–Trinajstić information content (AvgIpc) is 2.53. The van der Waals surface area contributed by atoms with Gasteiger partial charge in [-0.15, -0.1) is 0 Å². The molecule has 0 amide bonds. The molecule has 1 heterocycles. The van der Waals surface area contributed by atoms with Crippen LogP contribution in [0.2, 0.25) is 0 Å². The van der Waals surface area contributed by atoms with E-state index < -0.39 is 0 Å². The molecule has 0 aliphatic carbocycles. The third kappa shape index (κ3) is 2.47. The zero-order valence-electron chi connectivity index (χ0n) is 11.7. The Morgan fingerprint density at radius 1 is 0.952 bits per heavy atom. The molecule has 0 radical (unpaired) electrons. The van der Waals surface area contributed by atoms with Gasteiger partial charge in [0.25, 0.3) is 0 Å². The second kappa shape index (κ2) is 5.74. The number of carbonyl (C=O) groups is 2. The molecule has 0 aromatic heterocycles. The molecule has 0 spiro atoms. The largest absolute Gasteiger partial charge is 0.340 e. The lowest BCUT2D eigenvalue weighted by molar-refractivity contribution is 0.111. The third-order valence-electron chi connectivity index (χ3n) is 3.49. The van der Waals surface area contributed by atoms with Crippen molar-refractivity contribution in [2.45, 2.75) is 23.1 Å². The lowest BCUT2D eigenvalue weighted by Gasteiger charge is -2.32. The van der Waals surface area contributed by atoms with Crippen LogP contribution in [0.5, 0.6) is 0 Å². The van der Waals surface area contributed by atoms with Crippen molar-refractivity contribution in [2.75, 3.05) is 11.4 Å². The molecular formula is C17H15NO2S. The number of hydrogen-bond donors (Lipinski definition) is 0. The summed E-state index contributed by atoms with van der Waals surface area (Å²) in [5.41, 5.74) is 3.60. The van der Waals surface area contributed by atoms with E-state index in [1.165, 1.54) is 0 Å². The summed E-state index contributed by atoms with van der Waals surface area (Å²) >= 11 is 1.61. The van der Waals surface area contributed by atoms with Gasteiger partial charge in [-0.05, 0) is 42.8 Å². The van der Waals surface area contributed by atoms with Crippen molar-refractivity contribution < 1.29 is 9.59 Å². The van der Waals surface area contributed by atoms with E-state index in [0.717, 1.165) is 46.7 Å². The highest BCUT2D eigenvalue weighted by atomic mass is 32.2. The molecule has 0 saturated heterocycles. The van der Waals surface area contributed by atoms with Crippen LogP contribution in [0.25, 0.3) is 0 Å². The maximum absolute atomic E-state index is 11.0. The minimum Gasteiger partial charge on any atom is -0.340 e. The topological polar surface area (TPSA) is 37.4 Å². The summed E-state index contributed by atoms with van der Waals surface area (Å²) in [6, 6.07) is 11.5. The first-order chi connectivity index (χ1) is 10.3. The summed E-state index contributed by atoms with van der Waals surface area (Å²) in [6.45, 7) is 3.04. The monoisotopic (exact) mass is 297 g/mol. The molecule has 3 nitrogen and oxygen atoms in total. The number of nitrogens with zero attached hydrogens (tertiary/aromatic N) is 1. The first-order valence-electron chi connectivity index (χ1n) is 6.90. The van der Waals surface area contributed by atoms with E-state index in [-0.39, 0.29) is 0 Å². The fourth-order valence-electron chi connectivity index (χ4n) is 2.53. The van der Waals surface area contributed by atoms with Crippen molar-refractivity contribution in [3.05, 3.63) is 47.5 Å². The van der Waals surface area contributed by atoms with E-state index in [1.54, 1.807) is 11.8 Å². The van der Waals surface area contributed by atoms with Crippen LogP contribution in [0.4, 0.5) is 11.4 Å². The molecule has 21 heavy (non-hydrogen) atoms. The highest BCUT2D eigenvalue weighted by Gasteiger charge is 2.23. The van der Waals surface area contributed by atoms with Crippen molar-refractivity contribution >= 4 is 35.7 Å². The molecule has 1 aliphatic heterocycles. The zero-order chi connectivity index (χ0) is 14.8. The maximum Gasteiger partial charge on any atom is 0.150 e. The van der Waals surface area contributed by atoms with Crippen LogP contribution in [0, 0.1) is 0 Å². The Balaban J connectivity index is 2.13. The number of hydrogen-bond acceptors (Lipinski definition) is 4. The molecule has 0 bridgehead atoms. The molecule has 0 fully saturated rings. The fraction of sp³-hybridized carbons (Fsp3) is 0.176. The summed E-state index contributed by atoms with van der Waals surface area (Å²) in [4.78, 5) is 26.3. The Morgan fingerprint density at radius 3 is 1.90 bits per heavy atom. The standard InChI is InChI=1S/C17H15NO2S/c1-2-7-18-14-5-3-12(10-19)8-16(14)21-17-9-13(11-20)4-6-15(17)18/h3-6,8-11H,2,7H2,1H3. The summed E-state index contributed by atoms with van der Waals surface area (Å²) in [5, 5.41) is 0. The van der Waals surface area contributed by atoms with Crippen LogP contribution in [0.1, 0.15) is 34.1 Å². The minimum atomic E-state index is 0.674. The van der Waals surface area contributed by atoms with Crippen LogP contribution in [0.15, 0.2) is 46.2 Å². The minimum absolute atomic E-state index is 0.674. The Bertz CT molecular complexity index is 654. The van der Waals surface area contributed by atoms with Crippen LogP contribution >= 0.6 is 11.8 Å². The Morgan fingerprint density at radius 2 is 1.48 bits per heavy atom. The van der Waals surface area contributed by atoms with Crippen molar-refractivity contribution in [2.24, 2.45) is 0 Å². The van der Waals surface area contributed by atoms with Gasteiger partial charge in [0.2, 0.25) is 0 Å². The number of carbonyl (C=O) groups excluding carboxylic acids is 2. The first-order valence-corrected chi connectivity index (χ1v) is 7.72. The van der Waals surface area contributed by atoms with Gasteiger partial charge in [0.15, 0.2) is 0 Å². The Kier molecular flexibility index (Phi) is 3.80. The van der Waals surface area contributed by atoms with Crippen LogP contribution in [-0.4, -0.2) is 19.1 Å². The summed E-state index contributed by atoms with van der Waals surface area (Å²) in [5.74, 6) is 0. The van der Waals surface area contributed by atoms with Crippen molar-refractivity contribution in [1.82, 2.24) is 0 Å². The smallest absolute Gasteiger partial charge is 0.150 e. The van der Waals surface area contributed by atoms with Gasteiger partial charge in [0.05, 0.1) is 11.4 Å². The van der Waals surface area contributed by atoms with Crippen molar-refractivity contribution in [1.29, 1.82) is 0 Å². The molecular weight excluding hydrogens is 282 g/mol. The number of fused-ring (bicyclic) bond motifs is 2. The van der Waals surface area contributed by atoms with Gasteiger partial charge in [-0.25, -0.2) is 0 Å². The highest BCUT2D eigenvalue weighted by molar-refractivity contribution is 7.99. The Hall–Kier alpha value is -2.07. The molecule has 0 N–H and O–H groups in total. The summed E-state index contributed by atoms with van der Waals surface area (Å²) in [7, 11) is 0. The molecule has 0 atom stereocenters. The zero-order valence-corrected chi connectivity index (χ0v) is 12.5. The molecule has 3 rings (SSSR count). The maximum atomic E-state index is 11.0. The number of aldehydes is 2. The van der Waals surface area contributed by atoms with E-state index in [0.29, 0.717) is 11.1 Å². The van der Waals surface area contributed by atoms with Gasteiger partial charge in [0, 0.05) is 27.5 Å². The first kappa shape index (κ1) is 13.9. The van der Waals surface area contributed by atoms with Gasteiger partial charge >= 0.3 is 0 Å². The second-order valence-corrected chi connectivity index (χ2v) is 6.03. The predicted molar refractivity (Wildman–Crippen MR) is 85.1 cm³/mol. The van der Waals surface area contributed by atoms with Crippen LogP contribution in [0.3, 0.4) is 0 Å². The highest BCUT2D eigenvalue weighted by Crippen LogP contribution is 2.48. The SMILES string of the molecule is CCCN1c2ccc(C=O)cc2Sc2cc(C=O)ccc21. The molecule has 4 heteroatoms. The average molecular weight is 297 g/mol. The predicted octanol–water partition coefficient (Wildman–Crippen LogP) is 4.32. The molecule has 1 aliphatic rings. The molecule has 0 unspecified atom stereocenters. The fourth-order valence-corrected chi connectivity index (χ4v) is 3.72. The van der Waals surface area contributed by atoms with Gasteiger partial charge in [-0.1, -0.05) is 18.7 Å². The van der Waals surface area contributed by atoms with Gasteiger partial charge < -0.3 is 4.90 Å². The normalized spacial score (nSPS) is 12.5. The summed E-state index contributed by atoms with van der Waals surface area (Å²) < 4.78 is 0. The lowest BCUT2D eigenvalue weighted by atomic mass is 10.1. The number of benzene rings is 2.